The van der Waals surface area contributed by atoms with Crippen LogP contribution in [-0.2, 0) is 27.9 Å². The number of phosphoric ester groups is 1. The Kier molecular flexibility index (Phi) is 39.1. The molecule has 0 saturated heterocycles. The summed E-state index contributed by atoms with van der Waals surface area (Å²) in [5.74, 6) is -0.572. The predicted molar refractivity (Wildman–Crippen MR) is 224 cm³/mol. The quantitative estimate of drug-likeness (QED) is 0.0242. The number of allylic oxidation sites excluding steroid dienone is 8. The summed E-state index contributed by atoms with van der Waals surface area (Å²) in [6.07, 6.45) is 46.2. The van der Waals surface area contributed by atoms with E-state index in [0.29, 0.717) is 12.8 Å². The number of aliphatic hydroxyl groups is 1. The lowest BCUT2D eigenvalue weighted by Gasteiger charge is -2.15. The van der Waals surface area contributed by atoms with Crippen LogP contribution in [0.15, 0.2) is 48.6 Å². The molecule has 0 rings (SSSR count). The number of amides is 1. The molecular weight excluding hydrogens is 701 g/mol. The van der Waals surface area contributed by atoms with Gasteiger partial charge in [-0.25, -0.2) is 4.57 Å². The topological polar surface area (TPSA) is 131 Å². The summed E-state index contributed by atoms with van der Waals surface area (Å²) in [7, 11) is -4.43. The van der Waals surface area contributed by atoms with Crippen LogP contribution in [-0.4, -0.2) is 54.3 Å². The van der Waals surface area contributed by atoms with Gasteiger partial charge < -0.3 is 20.1 Å². The molecule has 2 unspecified atom stereocenters. The van der Waals surface area contributed by atoms with Gasteiger partial charge in [0.05, 0.1) is 13.2 Å². The van der Waals surface area contributed by atoms with Gasteiger partial charge in [-0.05, 0) is 51.4 Å². The fourth-order valence-corrected chi connectivity index (χ4v) is 6.48. The zero-order chi connectivity index (χ0) is 39.6. The summed E-state index contributed by atoms with van der Waals surface area (Å²) in [4.78, 5) is 33.9. The van der Waals surface area contributed by atoms with Crippen molar-refractivity contribution >= 4 is 19.7 Å². The fourth-order valence-electron chi connectivity index (χ4n) is 5.73. The number of esters is 1. The van der Waals surface area contributed by atoms with Gasteiger partial charge >= 0.3 is 13.8 Å². The molecule has 10 heteroatoms. The van der Waals surface area contributed by atoms with Gasteiger partial charge in [0.2, 0.25) is 5.91 Å². The van der Waals surface area contributed by atoms with Crippen LogP contribution in [0.25, 0.3) is 0 Å². The van der Waals surface area contributed by atoms with Crippen molar-refractivity contribution in [2.75, 3.05) is 26.4 Å². The highest BCUT2D eigenvalue weighted by molar-refractivity contribution is 7.47. The number of ether oxygens (including phenoxy) is 1. The van der Waals surface area contributed by atoms with E-state index in [-0.39, 0.29) is 32.1 Å². The maximum absolute atomic E-state index is 12.1. The second-order valence-corrected chi connectivity index (χ2v) is 15.8. The molecule has 2 atom stereocenters. The Morgan fingerprint density at radius 1 is 0.574 bits per heavy atom. The Morgan fingerprint density at radius 3 is 1.54 bits per heavy atom. The first-order chi connectivity index (χ1) is 26.3. The van der Waals surface area contributed by atoms with Gasteiger partial charge in [0.25, 0.3) is 0 Å². The number of hydrogen-bond acceptors (Lipinski definition) is 7. The average Bonchev–Trinajstić information content (AvgIpc) is 3.16. The lowest BCUT2D eigenvalue weighted by atomic mass is 10.0. The summed E-state index contributed by atoms with van der Waals surface area (Å²) in [5, 5.41) is 12.7. The number of rotatable bonds is 40. The van der Waals surface area contributed by atoms with Gasteiger partial charge in [0.15, 0.2) is 0 Å². The predicted octanol–water partition coefficient (Wildman–Crippen LogP) is 11.9. The maximum atomic E-state index is 12.1. The minimum Gasteiger partial charge on any atom is -0.463 e. The van der Waals surface area contributed by atoms with Gasteiger partial charge in [0, 0.05) is 19.4 Å². The summed E-state index contributed by atoms with van der Waals surface area (Å²) >= 11 is 0. The highest BCUT2D eigenvalue weighted by Gasteiger charge is 2.23. The summed E-state index contributed by atoms with van der Waals surface area (Å²) in [6.45, 7) is 3.46. The normalized spacial score (nSPS) is 13.8. The number of carbonyl (C=O) groups is 2. The van der Waals surface area contributed by atoms with Crippen LogP contribution in [0.1, 0.15) is 187 Å². The molecule has 3 N–H and O–H groups in total. The second kappa shape index (κ2) is 40.6. The lowest BCUT2D eigenvalue weighted by molar-refractivity contribution is -0.147. The second-order valence-electron chi connectivity index (χ2n) is 14.3. The highest BCUT2D eigenvalue weighted by Crippen LogP contribution is 2.42. The molecule has 54 heavy (non-hydrogen) atoms. The molecule has 0 aromatic heterocycles. The molecule has 0 aromatic rings. The largest absolute Gasteiger partial charge is 0.472 e. The Balaban J connectivity index is 3.67. The van der Waals surface area contributed by atoms with Crippen LogP contribution in [0.2, 0.25) is 0 Å². The molecule has 0 spiro atoms. The first-order valence-electron chi connectivity index (χ1n) is 21.6. The third kappa shape index (κ3) is 41.1. The molecule has 0 aliphatic heterocycles. The Morgan fingerprint density at radius 2 is 1.02 bits per heavy atom. The molecule has 0 aliphatic rings. The minimum atomic E-state index is -4.43. The van der Waals surface area contributed by atoms with E-state index in [1.165, 1.54) is 109 Å². The van der Waals surface area contributed by atoms with Crippen LogP contribution in [0.4, 0.5) is 0 Å². The van der Waals surface area contributed by atoms with Crippen molar-refractivity contribution < 1.29 is 37.9 Å². The highest BCUT2D eigenvalue weighted by atomic mass is 31.2. The van der Waals surface area contributed by atoms with Crippen molar-refractivity contribution in [1.29, 1.82) is 0 Å². The van der Waals surface area contributed by atoms with Crippen LogP contribution < -0.4 is 5.32 Å². The van der Waals surface area contributed by atoms with Gasteiger partial charge in [-0.15, -0.1) is 0 Å². The zero-order valence-corrected chi connectivity index (χ0v) is 35.3. The molecule has 1 amide bonds. The summed E-state index contributed by atoms with van der Waals surface area (Å²) in [5.41, 5.74) is 0. The molecule has 0 radical (unpaired) electrons. The number of carbonyl (C=O) groups excluding carboxylic acids is 2. The van der Waals surface area contributed by atoms with Crippen molar-refractivity contribution in [3.63, 3.8) is 0 Å². The van der Waals surface area contributed by atoms with Crippen molar-refractivity contribution in [2.24, 2.45) is 0 Å². The third-order valence-electron chi connectivity index (χ3n) is 9.01. The molecule has 0 fully saturated rings. The number of aliphatic hydroxyl groups excluding tert-OH is 1. The Bertz CT molecular complexity index is 1030. The van der Waals surface area contributed by atoms with Crippen LogP contribution >= 0.6 is 7.82 Å². The first-order valence-corrected chi connectivity index (χ1v) is 23.1. The summed E-state index contributed by atoms with van der Waals surface area (Å²) < 4.78 is 26.8. The molecule has 0 aliphatic carbocycles. The Hall–Kier alpha value is -2.03. The Labute approximate surface area is 330 Å². The van der Waals surface area contributed by atoms with Gasteiger partial charge in [-0.1, -0.05) is 172 Å². The minimum absolute atomic E-state index is 0.0522. The van der Waals surface area contributed by atoms with E-state index in [4.69, 9.17) is 13.8 Å². The van der Waals surface area contributed by atoms with E-state index in [1.807, 2.05) is 0 Å². The van der Waals surface area contributed by atoms with Crippen LogP contribution in [0.3, 0.4) is 0 Å². The molecule has 0 saturated carbocycles. The average molecular weight is 782 g/mol. The lowest BCUT2D eigenvalue weighted by Crippen LogP contribution is -2.27. The molecule has 0 aromatic carbocycles. The summed E-state index contributed by atoms with van der Waals surface area (Å²) in [6, 6.07) is 0. The van der Waals surface area contributed by atoms with Crippen molar-refractivity contribution in [3.05, 3.63) is 48.6 Å². The zero-order valence-electron chi connectivity index (χ0n) is 34.4. The molecular formula is C44H80NO8P. The monoisotopic (exact) mass is 782 g/mol. The van der Waals surface area contributed by atoms with Crippen molar-refractivity contribution in [1.82, 2.24) is 5.32 Å². The molecule has 9 nitrogen and oxygen atoms in total. The SMILES string of the molecule is CCCCC/C=C\C/C=C\C/C=C\C/C=C\CCCC(=O)NCCOP(=O)(O)OCC(O)COC(=O)CCCCCCCCCCCCCCCCCC. The molecule has 314 valence electrons. The number of hydrogen-bond donors (Lipinski definition) is 3. The van der Waals surface area contributed by atoms with E-state index < -0.39 is 26.5 Å². The fraction of sp³-hybridized carbons (Fsp3) is 0.773. The van der Waals surface area contributed by atoms with Gasteiger partial charge in [-0.3, -0.25) is 18.6 Å². The maximum Gasteiger partial charge on any atom is 0.472 e. The standard InChI is InChI=1S/C44H80NO8P/c1-3-5-7-9-11-13-15-17-19-21-22-24-26-28-30-32-34-36-43(47)45-38-39-52-54(49,50)53-41-42(46)40-51-44(48)37-35-33-31-29-27-25-23-20-18-16-14-12-10-8-6-4-2/h11,13,17,19,22,24,28,30,42,46H,3-10,12,14-16,18,20-21,23,25-27,29,31-41H2,1-2H3,(H,45,47)(H,49,50)/b13-11-,19-17-,24-22-,30-28-. The van der Waals surface area contributed by atoms with Gasteiger partial charge in [-0.2, -0.15) is 0 Å². The van der Waals surface area contributed by atoms with Crippen molar-refractivity contribution in [2.45, 2.75) is 193 Å². The van der Waals surface area contributed by atoms with Crippen molar-refractivity contribution in [3.8, 4) is 0 Å². The van der Waals surface area contributed by atoms with E-state index in [1.54, 1.807) is 0 Å². The molecule has 0 bridgehead atoms. The molecule has 0 heterocycles. The number of nitrogens with one attached hydrogen (secondary N) is 1. The smallest absolute Gasteiger partial charge is 0.463 e. The van der Waals surface area contributed by atoms with Crippen LogP contribution in [0, 0.1) is 0 Å². The van der Waals surface area contributed by atoms with Gasteiger partial charge in [0.1, 0.15) is 12.7 Å². The van der Waals surface area contributed by atoms with E-state index in [0.717, 1.165) is 44.9 Å². The van der Waals surface area contributed by atoms with E-state index in [9.17, 15) is 24.2 Å². The van der Waals surface area contributed by atoms with E-state index >= 15 is 0 Å². The van der Waals surface area contributed by atoms with Crippen LogP contribution in [0.5, 0.6) is 0 Å². The number of phosphoric acid groups is 1. The van der Waals surface area contributed by atoms with E-state index in [2.05, 4.69) is 67.8 Å². The third-order valence-corrected chi connectivity index (χ3v) is 10.00. The first kappa shape index (κ1) is 52.0. The number of unbranched alkanes of at least 4 members (excludes halogenated alkanes) is 19.